The highest BCUT2D eigenvalue weighted by molar-refractivity contribution is 7.13. The maximum absolute atomic E-state index is 14.6. The average Bonchev–Trinajstić information content (AvgIpc) is 3.30. The van der Waals surface area contributed by atoms with Crippen LogP contribution in [0.5, 0.6) is 0 Å². The quantitative estimate of drug-likeness (QED) is 0.528. The maximum atomic E-state index is 14.6. The highest BCUT2D eigenvalue weighted by Crippen LogP contribution is 2.42. The van der Waals surface area contributed by atoms with E-state index in [1.807, 2.05) is 23.7 Å². The standard InChI is InChI=1S/C21H16F2N2OS/c1-25-12-16(18-5-3-9-27-18)19(21(26)13-4-2-8-24-11-13)20(25)15-7-6-14(22)10-17(15)23/h2-12,21,26H,1H3. The van der Waals surface area contributed by atoms with Crippen molar-refractivity contribution >= 4 is 11.3 Å². The van der Waals surface area contributed by atoms with Gasteiger partial charge in [0.15, 0.2) is 0 Å². The molecule has 3 aromatic heterocycles. The third kappa shape index (κ3) is 3.18. The van der Waals surface area contributed by atoms with Gasteiger partial charge in [0, 0.05) is 58.8 Å². The lowest BCUT2D eigenvalue weighted by atomic mass is 9.95. The van der Waals surface area contributed by atoms with Gasteiger partial charge in [-0.1, -0.05) is 12.1 Å². The molecule has 3 nitrogen and oxygen atoms in total. The Bertz CT molecular complexity index is 1080. The first-order chi connectivity index (χ1) is 13.1. The summed E-state index contributed by atoms with van der Waals surface area (Å²) in [6.07, 6.45) is 4.07. The summed E-state index contributed by atoms with van der Waals surface area (Å²) in [6, 6.07) is 10.9. The molecular weight excluding hydrogens is 366 g/mol. The molecule has 6 heteroatoms. The molecule has 0 spiro atoms. The Kier molecular flexibility index (Phi) is 4.59. The molecule has 0 aliphatic heterocycles. The molecule has 1 atom stereocenters. The lowest BCUT2D eigenvalue weighted by Gasteiger charge is -2.16. The van der Waals surface area contributed by atoms with Crippen LogP contribution < -0.4 is 0 Å². The Hall–Kier alpha value is -2.83. The maximum Gasteiger partial charge on any atom is 0.135 e. The van der Waals surface area contributed by atoms with Crippen LogP contribution >= 0.6 is 11.3 Å². The molecule has 1 unspecified atom stereocenters. The lowest BCUT2D eigenvalue weighted by molar-refractivity contribution is 0.221. The van der Waals surface area contributed by atoms with Crippen molar-refractivity contribution in [2.24, 2.45) is 7.05 Å². The number of pyridine rings is 1. The Morgan fingerprint density at radius 1 is 1.11 bits per heavy atom. The third-order valence-electron chi connectivity index (χ3n) is 4.47. The van der Waals surface area contributed by atoms with Gasteiger partial charge in [0.2, 0.25) is 0 Å². The zero-order valence-corrected chi connectivity index (χ0v) is 15.3. The number of aryl methyl sites for hydroxylation is 1. The second-order valence-electron chi connectivity index (χ2n) is 6.21. The molecule has 0 bridgehead atoms. The van der Waals surface area contributed by atoms with E-state index in [-0.39, 0.29) is 5.56 Å². The van der Waals surface area contributed by atoms with Crippen molar-refractivity contribution in [3.05, 3.63) is 89.2 Å². The molecule has 0 amide bonds. The van der Waals surface area contributed by atoms with Crippen LogP contribution in [0, 0.1) is 11.6 Å². The number of nitrogens with zero attached hydrogens (tertiary/aromatic N) is 2. The van der Waals surface area contributed by atoms with E-state index in [0.717, 1.165) is 16.5 Å². The van der Waals surface area contributed by atoms with Crippen LogP contribution in [0.1, 0.15) is 17.2 Å². The second-order valence-corrected chi connectivity index (χ2v) is 7.15. The molecule has 0 aliphatic carbocycles. The van der Waals surface area contributed by atoms with Crippen molar-refractivity contribution in [1.29, 1.82) is 0 Å². The largest absolute Gasteiger partial charge is 0.383 e. The molecule has 136 valence electrons. The molecule has 0 saturated heterocycles. The summed E-state index contributed by atoms with van der Waals surface area (Å²) in [4.78, 5) is 5.03. The number of thiophene rings is 1. The van der Waals surface area contributed by atoms with Crippen LogP contribution in [-0.4, -0.2) is 14.7 Å². The minimum atomic E-state index is -1.00. The normalized spacial score (nSPS) is 12.3. The average molecular weight is 382 g/mol. The fourth-order valence-electron chi connectivity index (χ4n) is 3.27. The Morgan fingerprint density at radius 3 is 2.63 bits per heavy atom. The van der Waals surface area contributed by atoms with Gasteiger partial charge >= 0.3 is 0 Å². The first-order valence-corrected chi connectivity index (χ1v) is 9.20. The van der Waals surface area contributed by atoms with Crippen LogP contribution in [0.15, 0.2) is 66.4 Å². The van der Waals surface area contributed by atoms with Gasteiger partial charge in [-0.2, -0.15) is 0 Å². The van der Waals surface area contributed by atoms with E-state index < -0.39 is 17.7 Å². The summed E-state index contributed by atoms with van der Waals surface area (Å²) < 4.78 is 29.7. The monoisotopic (exact) mass is 382 g/mol. The molecular formula is C21H16F2N2OS. The number of aromatic nitrogens is 2. The number of rotatable bonds is 4. The number of hydrogen-bond donors (Lipinski definition) is 1. The fourth-order valence-corrected chi connectivity index (χ4v) is 4.02. The third-order valence-corrected chi connectivity index (χ3v) is 5.37. The van der Waals surface area contributed by atoms with E-state index in [2.05, 4.69) is 4.98 Å². The first-order valence-electron chi connectivity index (χ1n) is 8.32. The van der Waals surface area contributed by atoms with E-state index in [4.69, 9.17) is 0 Å². The van der Waals surface area contributed by atoms with Crippen molar-refractivity contribution in [2.45, 2.75) is 6.10 Å². The molecule has 4 rings (SSSR count). The van der Waals surface area contributed by atoms with Crippen LogP contribution in [0.25, 0.3) is 21.7 Å². The summed E-state index contributed by atoms with van der Waals surface area (Å²) in [7, 11) is 1.79. The van der Waals surface area contributed by atoms with Gasteiger partial charge in [-0.25, -0.2) is 8.78 Å². The topological polar surface area (TPSA) is 38.0 Å². The molecule has 0 saturated carbocycles. The summed E-state index contributed by atoms with van der Waals surface area (Å²) in [5.74, 6) is -1.31. The molecule has 27 heavy (non-hydrogen) atoms. The Labute approximate surface area is 159 Å². The Balaban J connectivity index is 1.99. The zero-order valence-electron chi connectivity index (χ0n) is 14.4. The van der Waals surface area contributed by atoms with Crippen molar-refractivity contribution in [3.8, 4) is 21.7 Å². The van der Waals surface area contributed by atoms with Gasteiger partial charge in [-0.15, -0.1) is 11.3 Å². The van der Waals surface area contributed by atoms with E-state index >= 15 is 0 Å². The van der Waals surface area contributed by atoms with Gasteiger partial charge in [-0.05, 0) is 29.6 Å². The van der Waals surface area contributed by atoms with Crippen molar-refractivity contribution in [2.75, 3.05) is 0 Å². The van der Waals surface area contributed by atoms with Gasteiger partial charge in [0.25, 0.3) is 0 Å². The molecule has 1 N–H and O–H groups in total. The summed E-state index contributed by atoms with van der Waals surface area (Å²) >= 11 is 1.53. The molecule has 0 fully saturated rings. The highest BCUT2D eigenvalue weighted by atomic mass is 32.1. The van der Waals surface area contributed by atoms with E-state index in [1.54, 1.807) is 36.1 Å². The highest BCUT2D eigenvalue weighted by Gasteiger charge is 2.26. The summed E-state index contributed by atoms with van der Waals surface area (Å²) in [5, 5.41) is 13.1. The van der Waals surface area contributed by atoms with E-state index in [1.165, 1.54) is 23.5 Å². The number of hydrogen-bond acceptors (Lipinski definition) is 3. The molecule has 0 aliphatic rings. The fraction of sp³-hybridized carbons (Fsp3) is 0.0952. The smallest absolute Gasteiger partial charge is 0.135 e. The molecule has 4 aromatic rings. The van der Waals surface area contributed by atoms with E-state index in [0.29, 0.717) is 16.8 Å². The van der Waals surface area contributed by atoms with Crippen LogP contribution in [0.3, 0.4) is 0 Å². The number of benzene rings is 1. The van der Waals surface area contributed by atoms with Gasteiger partial charge < -0.3 is 9.67 Å². The van der Waals surface area contributed by atoms with Crippen molar-refractivity contribution in [1.82, 2.24) is 9.55 Å². The number of halogens is 2. The summed E-state index contributed by atoms with van der Waals surface area (Å²) in [6.45, 7) is 0. The predicted molar refractivity (Wildman–Crippen MR) is 102 cm³/mol. The minimum Gasteiger partial charge on any atom is -0.383 e. The predicted octanol–water partition coefficient (Wildman–Crippen LogP) is 5.18. The Morgan fingerprint density at radius 2 is 1.96 bits per heavy atom. The first kappa shape index (κ1) is 17.6. The number of aliphatic hydroxyl groups is 1. The summed E-state index contributed by atoms with van der Waals surface area (Å²) in [5.41, 5.74) is 2.72. The van der Waals surface area contributed by atoms with Crippen molar-refractivity contribution < 1.29 is 13.9 Å². The second kappa shape index (κ2) is 7.06. The zero-order chi connectivity index (χ0) is 19.0. The van der Waals surface area contributed by atoms with Gasteiger partial charge in [0.1, 0.15) is 17.7 Å². The minimum absolute atomic E-state index is 0.236. The van der Waals surface area contributed by atoms with Gasteiger partial charge in [-0.3, -0.25) is 4.98 Å². The lowest BCUT2D eigenvalue weighted by Crippen LogP contribution is -2.04. The molecule has 3 heterocycles. The molecule has 1 aromatic carbocycles. The van der Waals surface area contributed by atoms with Crippen LogP contribution in [0.2, 0.25) is 0 Å². The van der Waals surface area contributed by atoms with Crippen LogP contribution in [-0.2, 0) is 7.05 Å². The SMILES string of the molecule is Cn1cc(-c2cccs2)c(C(O)c2cccnc2)c1-c1ccc(F)cc1F. The van der Waals surface area contributed by atoms with Crippen LogP contribution in [0.4, 0.5) is 8.78 Å². The van der Waals surface area contributed by atoms with E-state index in [9.17, 15) is 13.9 Å². The number of aliphatic hydroxyl groups excluding tert-OH is 1. The van der Waals surface area contributed by atoms with Gasteiger partial charge in [0.05, 0.1) is 5.69 Å². The van der Waals surface area contributed by atoms with Crippen molar-refractivity contribution in [3.63, 3.8) is 0 Å². The molecule has 0 radical (unpaired) electrons.